The van der Waals surface area contributed by atoms with Crippen LogP contribution in [0.1, 0.15) is 70.0 Å². The summed E-state index contributed by atoms with van der Waals surface area (Å²) >= 11 is 0. The highest BCUT2D eigenvalue weighted by molar-refractivity contribution is 5.76. The third-order valence-corrected chi connectivity index (χ3v) is 7.96. The molecule has 1 aliphatic heterocycles. The standard InChI is InChI=1S/C24H37N5O/c1-17-27-21(12-22(28-17)29-7-3-2-4-8-29)25-5-6-26-23(30)16-24-13-18-9-19(14-24)11-20(10-18)15-24/h12,18-20H,2-11,13-16H2,1H3,(H,26,30)(H,25,27,28). The number of carbonyl (C=O) groups excluding carboxylic acids is 1. The van der Waals surface area contributed by atoms with Crippen molar-refractivity contribution in [1.82, 2.24) is 15.3 Å². The lowest BCUT2D eigenvalue weighted by Crippen LogP contribution is -2.48. The molecule has 1 aromatic heterocycles. The third-order valence-electron chi connectivity index (χ3n) is 7.96. The molecule has 5 fully saturated rings. The largest absolute Gasteiger partial charge is 0.368 e. The van der Waals surface area contributed by atoms with E-state index in [4.69, 9.17) is 0 Å². The number of rotatable bonds is 7. The zero-order valence-electron chi connectivity index (χ0n) is 18.5. The molecule has 30 heavy (non-hydrogen) atoms. The minimum atomic E-state index is 0.242. The van der Waals surface area contributed by atoms with Crippen molar-refractivity contribution in [3.05, 3.63) is 11.9 Å². The van der Waals surface area contributed by atoms with Crippen molar-refractivity contribution in [3.8, 4) is 0 Å². The van der Waals surface area contributed by atoms with Gasteiger partial charge in [0, 0.05) is 38.7 Å². The van der Waals surface area contributed by atoms with Gasteiger partial charge in [-0.1, -0.05) is 0 Å². The number of piperidine rings is 1. The van der Waals surface area contributed by atoms with Gasteiger partial charge in [0.05, 0.1) is 0 Å². The minimum Gasteiger partial charge on any atom is -0.368 e. The van der Waals surface area contributed by atoms with Crippen LogP contribution in [0.3, 0.4) is 0 Å². The molecular weight excluding hydrogens is 374 g/mol. The Hall–Kier alpha value is -1.85. The van der Waals surface area contributed by atoms with Gasteiger partial charge in [0.15, 0.2) is 0 Å². The maximum atomic E-state index is 12.7. The fraction of sp³-hybridized carbons (Fsp3) is 0.792. The molecule has 2 heterocycles. The monoisotopic (exact) mass is 411 g/mol. The maximum Gasteiger partial charge on any atom is 0.220 e. The molecule has 6 nitrogen and oxygen atoms in total. The normalized spacial score (nSPS) is 32.3. The third kappa shape index (κ3) is 4.42. The maximum absolute atomic E-state index is 12.7. The number of hydrogen-bond donors (Lipinski definition) is 2. The van der Waals surface area contributed by atoms with Crippen LogP contribution in [0, 0.1) is 30.1 Å². The van der Waals surface area contributed by atoms with E-state index >= 15 is 0 Å². The van der Waals surface area contributed by atoms with Crippen molar-refractivity contribution < 1.29 is 4.79 Å². The van der Waals surface area contributed by atoms with Gasteiger partial charge in [0.1, 0.15) is 17.5 Å². The van der Waals surface area contributed by atoms with E-state index in [1.165, 1.54) is 57.8 Å². The van der Waals surface area contributed by atoms with Crippen molar-refractivity contribution in [1.29, 1.82) is 0 Å². The zero-order chi connectivity index (χ0) is 20.6. The number of nitrogens with zero attached hydrogens (tertiary/aromatic N) is 3. The molecule has 5 aliphatic rings. The second kappa shape index (κ2) is 8.35. The van der Waals surface area contributed by atoms with Gasteiger partial charge < -0.3 is 15.5 Å². The first-order chi connectivity index (χ1) is 14.6. The highest BCUT2D eigenvalue weighted by Crippen LogP contribution is 2.61. The lowest BCUT2D eigenvalue weighted by Gasteiger charge is -2.56. The Kier molecular flexibility index (Phi) is 5.59. The lowest BCUT2D eigenvalue weighted by atomic mass is 9.49. The Labute approximate surface area is 180 Å². The summed E-state index contributed by atoms with van der Waals surface area (Å²) < 4.78 is 0. The molecule has 4 bridgehead atoms. The summed E-state index contributed by atoms with van der Waals surface area (Å²) in [7, 11) is 0. The first-order valence-electron chi connectivity index (χ1n) is 12.2. The molecule has 4 saturated carbocycles. The summed E-state index contributed by atoms with van der Waals surface area (Å²) in [4.78, 5) is 24.2. The van der Waals surface area contributed by atoms with E-state index in [0.29, 0.717) is 18.5 Å². The number of amides is 1. The zero-order valence-corrected chi connectivity index (χ0v) is 18.5. The highest BCUT2D eigenvalue weighted by atomic mass is 16.1. The number of aromatic nitrogens is 2. The average Bonchev–Trinajstić information content (AvgIpc) is 2.70. The summed E-state index contributed by atoms with van der Waals surface area (Å²) in [6.07, 6.45) is 12.7. The summed E-state index contributed by atoms with van der Waals surface area (Å²) in [5.41, 5.74) is 0.319. The minimum absolute atomic E-state index is 0.242. The van der Waals surface area contributed by atoms with Crippen molar-refractivity contribution in [2.24, 2.45) is 23.2 Å². The number of carbonyl (C=O) groups is 1. The summed E-state index contributed by atoms with van der Waals surface area (Å²) in [5, 5.41) is 6.55. The van der Waals surface area contributed by atoms with Crippen LogP contribution in [0.4, 0.5) is 11.6 Å². The SMILES string of the molecule is Cc1nc(NCCNC(=O)CC23CC4CC(CC(C4)C2)C3)cc(N2CCCCC2)n1. The number of aryl methyl sites for hydroxylation is 1. The Bertz CT molecular complexity index is 738. The second-order valence-electron chi connectivity index (χ2n) is 10.6. The van der Waals surface area contributed by atoms with Crippen molar-refractivity contribution in [3.63, 3.8) is 0 Å². The molecule has 0 aromatic carbocycles. The predicted octanol–water partition coefficient (Wildman–Crippen LogP) is 3.91. The topological polar surface area (TPSA) is 70.2 Å². The fourth-order valence-corrected chi connectivity index (χ4v) is 7.23. The Morgan fingerprint density at radius 3 is 2.37 bits per heavy atom. The van der Waals surface area contributed by atoms with Gasteiger partial charge in [0.2, 0.25) is 5.91 Å². The van der Waals surface area contributed by atoms with Crippen LogP contribution < -0.4 is 15.5 Å². The Balaban J connectivity index is 1.09. The van der Waals surface area contributed by atoms with E-state index in [2.05, 4.69) is 31.6 Å². The van der Waals surface area contributed by atoms with Crippen LogP contribution in [0.5, 0.6) is 0 Å². The molecule has 2 N–H and O–H groups in total. The molecule has 6 rings (SSSR count). The average molecular weight is 412 g/mol. The van der Waals surface area contributed by atoms with E-state index in [-0.39, 0.29) is 5.91 Å². The summed E-state index contributed by atoms with van der Waals surface area (Å²) in [6.45, 7) is 5.45. The first-order valence-corrected chi connectivity index (χ1v) is 12.2. The van der Waals surface area contributed by atoms with Crippen molar-refractivity contribution in [2.75, 3.05) is 36.4 Å². The molecule has 0 spiro atoms. The van der Waals surface area contributed by atoms with E-state index in [0.717, 1.165) is 54.7 Å². The van der Waals surface area contributed by atoms with Crippen LogP contribution in [0.15, 0.2) is 6.07 Å². The van der Waals surface area contributed by atoms with Gasteiger partial charge in [-0.15, -0.1) is 0 Å². The van der Waals surface area contributed by atoms with Crippen molar-refractivity contribution >= 4 is 17.5 Å². The van der Waals surface area contributed by atoms with Gasteiger partial charge in [-0.2, -0.15) is 0 Å². The van der Waals surface area contributed by atoms with Crippen LogP contribution in [-0.4, -0.2) is 42.1 Å². The van der Waals surface area contributed by atoms with Gasteiger partial charge in [0.25, 0.3) is 0 Å². The highest BCUT2D eigenvalue weighted by Gasteiger charge is 2.51. The fourth-order valence-electron chi connectivity index (χ4n) is 7.23. The number of hydrogen-bond acceptors (Lipinski definition) is 5. The summed E-state index contributed by atoms with van der Waals surface area (Å²) in [6, 6.07) is 2.05. The lowest BCUT2D eigenvalue weighted by molar-refractivity contribution is -0.129. The first kappa shape index (κ1) is 20.1. The van der Waals surface area contributed by atoms with Gasteiger partial charge in [-0.05, 0) is 87.9 Å². The van der Waals surface area contributed by atoms with E-state index < -0.39 is 0 Å². The van der Waals surface area contributed by atoms with E-state index in [1.807, 2.05) is 6.92 Å². The molecular formula is C24H37N5O. The molecule has 0 radical (unpaired) electrons. The Morgan fingerprint density at radius 1 is 1.03 bits per heavy atom. The quantitative estimate of drug-likeness (QED) is 0.666. The number of anilines is 2. The predicted molar refractivity (Wildman–Crippen MR) is 120 cm³/mol. The molecule has 0 unspecified atom stereocenters. The Morgan fingerprint density at radius 2 is 1.70 bits per heavy atom. The molecule has 1 saturated heterocycles. The van der Waals surface area contributed by atoms with Gasteiger partial charge >= 0.3 is 0 Å². The van der Waals surface area contributed by atoms with Crippen LogP contribution in [0.2, 0.25) is 0 Å². The molecule has 6 heteroatoms. The second-order valence-corrected chi connectivity index (χ2v) is 10.6. The van der Waals surface area contributed by atoms with E-state index in [9.17, 15) is 4.79 Å². The number of nitrogens with one attached hydrogen (secondary N) is 2. The van der Waals surface area contributed by atoms with Crippen LogP contribution in [0.25, 0.3) is 0 Å². The van der Waals surface area contributed by atoms with Gasteiger partial charge in [-0.3, -0.25) is 4.79 Å². The smallest absolute Gasteiger partial charge is 0.220 e. The van der Waals surface area contributed by atoms with Crippen molar-refractivity contribution in [2.45, 2.75) is 71.1 Å². The van der Waals surface area contributed by atoms with Gasteiger partial charge in [-0.25, -0.2) is 9.97 Å². The molecule has 0 atom stereocenters. The molecule has 1 amide bonds. The summed E-state index contributed by atoms with van der Waals surface area (Å²) in [5.74, 6) is 5.63. The van der Waals surface area contributed by atoms with Crippen LogP contribution >= 0.6 is 0 Å². The molecule has 1 aromatic rings. The molecule has 164 valence electrons. The van der Waals surface area contributed by atoms with E-state index in [1.54, 1.807) is 0 Å². The van der Waals surface area contributed by atoms with Crippen LogP contribution in [-0.2, 0) is 4.79 Å². The molecule has 4 aliphatic carbocycles.